The predicted octanol–water partition coefficient (Wildman–Crippen LogP) is 4.10. The number of aryl methyl sites for hydroxylation is 1. The Balaban J connectivity index is 1.69. The van der Waals surface area contributed by atoms with Gasteiger partial charge in [0, 0.05) is 6.07 Å². The fourth-order valence-electron chi connectivity index (χ4n) is 2.49. The number of fused-ring (bicyclic) bond motifs is 2. The van der Waals surface area contributed by atoms with Gasteiger partial charge in [-0.1, -0.05) is 23.0 Å². The average molecular weight is 354 g/mol. The standard InChI is InChI=1S/C18H11FN2O3S/c1-9-2-5-14-11(6-9)13(22)8-15(24-14)17(23)21-18-20-12-4-3-10(19)7-16(12)25-18/h2-8H,1H3,(H,20,21,23). The van der Waals surface area contributed by atoms with E-state index in [2.05, 4.69) is 10.3 Å². The zero-order chi connectivity index (χ0) is 17.6. The molecule has 4 rings (SSSR count). The third-order valence-electron chi connectivity index (χ3n) is 3.68. The first-order valence-corrected chi connectivity index (χ1v) is 8.23. The highest BCUT2D eigenvalue weighted by atomic mass is 32.1. The van der Waals surface area contributed by atoms with E-state index in [-0.39, 0.29) is 17.0 Å². The van der Waals surface area contributed by atoms with Gasteiger partial charge in [0.1, 0.15) is 11.4 Å². The number of amides is 1. The lowest BCUT2D eigenvalue weighted by Gasteiger charge is -2.03. The van der Waals surface area contributed by atoms with Crippen molar-refractivity contribution in [1.82, 2.24) is 4.98 Å². The number of carbonyl (C=O) groups is 1. The second kappa shape index (κ2) is 5.78. The summed E-state index contributed by atoms with van der Waals surface area (Å²) in [7, 11) is 0. The van der Waals surface area contributed by atoms with Crippen molar-refractivity contribution in [3.63, 3.8) is 0 Å². The van der Waals surface area contributed by atoms with Crippen molar-refractivity contribution < 1.29 is 13.6 Å². The Morgan fingerprint density at radius 3 is 2.88 bits per heavy atom. The van der Waals surface area contributed by atoms with Crippen LogP contribution in [0.15, 0.2) is 51.7 Å². The van der Waals surface area contributed by atoms with Crippen molar-refractivity contribution in [3.05, 3.63) is 69.8 Å². The molecule has 0 saturated heterocycles. The molecule has 0 aliphatic heterocycles. The van der Waals surface area contributed by atoms with Crippen LogP contribution in [0.1, 0.15) is 16.1 Å². The van der Waals surface area contributed by atoms with E-state index in [1.807, 2.05) is 6.92 Å². The summed E-state index contributed by atoms with van der Waals surface area (Å²) >= 11 is 1.14. The van der Waals surface area contributed by atoms with Crippen LogP contribution in [0.5, 0.6) is 0 Å². The first kappa shape index (κ1) is 15.5. The van der Waals surface area contributed by atoms with Gasteiger partial charge in [-0.15, -0.1) is 0 Å². The number of hydrogen-bond donors (Lipinski definition) is 1. The zero-order valence-electron chi connectivity index (χ0n) is 13.0. The summed E-state index contributed by atoms with van der Waals surface area (Å²) in [6, 6.07) is 10.5. The molecular weight excluding hydrogens is 343 g/mol. The van der Waals surface area contributed by atoms with Crippen LogP contribution in [0.2, 0.25) is 0 Å². The molecule has 7 heteroatoms. The molecule has 0 fully saturated rings. The second-order valence-electron chi connectivity index (χ2n) is 5.56. The van der Waals surface area contributed by atoms with Gasteiger partial charge in [0.15, 0.2) is 16.3 Å². The van der Waals surface area contributed by atoms with Crippen LogP contribution < -0.4 is 10.7 Å². The molecule has 0 aliphatic carbocycles. The van der Waals surface area contributed by atoms with Gasteiger partial charge in [0.25, 0.3) is 5.91 Å². The maximum absolute atomic E-state index is 13.2. The first-order chi connectivity index (χ1) is 12.0. The minimum absolute atomic E-state index is 0.105. The van der Waals surface area contributed by atoms with Gasteiger partial charge >= 0.3 is 0 Å². The van der Waals surface area contributed by atoms with E-state index in [1.54, 1.807) is 18.2 Å². The highest BCUT2D eigenvalue weighted by Crippen LogP contribution is 2.27. The van der Waals surface area contributed by atoms with E-state index >= 15 is 0 Å². The van der Waals surface area contributed by atoms with Crippen molar-refractivity contribution in [2.75, 3.05) is 5.32 Å². The number of thiazole rings is 1. The molecular formula is C18H11FN2O3S. The molecule has 2 heterocycles. The van der Waals surface area contributed by atoms with E-state index in [0.717, 1.165) is 23.0 Å². The van der Waals surface area contributed by atoms with Gasteiger partial charge in [-0.3, -0.25) is 14.9 Å². The van der Waals surface area contributed by atoms with Crippen molar-refractivity contribution in [2.24, 2.45) is 0 Å². The topological polar surface area (TPSA) is 72.2 Å². The fraction of sp³-hybridized carbons (Fsp3) is 0.0556. The lowest BCUT2D eigenvalue weighted by atomic mass is 10.1. The van der Waals surface area contributed by atoms with Gasteiger partial charge in [0.2, 0.25) is 0 Å². The van der Waals surface area contributed by atoms with Gasteiger partial charge in [-0.2, -0.15) is 0 Å². The van der Waals surface area contributed by atoms with Crippen LogP contribution >= 0.6 is 11.3 Å². The Morgan fingerprint density at radius 2 is 2.04 bits per heavy atom. The third-order valence-corrected chi connectivity index (χ3v) is 4.61. The number of hydrogen-bond acceptors (Lipinski definition) is 5. The molecule has 25 heavy (non-hydrogen) atoms. The smallest absolute Gasteiger partial charge is 0.293 e. The van der Waals surface area contributed by atoms with Gasteiger partial charge < -0.3 is 4.42 Å². The molecule has 1 N–H and O–H groups in total. The van der Waals surface area contributed by atoms with Crippen molar-refractivity contribution in [1.29, 1.82) is 0 Å². The summed E-state index contributed by atoms with van der Waals surface area (Å²) in [4.78, 5) is 28.8. The number of halogens is 1. The molecule has 5 nitrogen and oxygen atoms in total. The molecule has 0 spiro atoms. The van der Waals surface area contributed by atoms with E-state index in [4.69, 9.17) is 4.42 Å². The van der Waals surface area contributed by atoms with Gasteiger partial charge in [0.05, 0.1) is 15.6 Å². The van der Waals surface area contributed by atoms with Gasteiger partial charge in [-0.25, -0.2) is 9.37 Å². The Hall–Kier alpha value is -3.06. The SMILES string of the molecule is Cc1ccc2oc(C(=O)Nc3nc4ccc(F)cc4s3)cc(=O)c2c1. The fourth-order valence-corrected chi connectivity index (χ4v) is 3.38. The maximum atomic E-state index is 13.2. The summed E-state index contributed by atoms with van der Waals surface area (Å²) < 4.78 is 19.4. The molecule has 0 unspecified atom stereocenters. The Bertz CT molecular complexity index is 1200. The van der Waals surface area contributed by atoms with Crippen LogP contribution in [0, 0.1) is 12.7 Å². The highest BCUT2D eigenvalue weighted by molar-refractivity contribution is 7.22. The number of benzene rings is 2. The summed E-state index contributed by atoms with van der Waals surface area (Å²) in [5.74, 6) is -1.06. The van der Waals surface area contributed by atoms with Crippen LogP contribution in [0.3, 0.4) is 0 Å². The number of carbonyl (C=O) groups excluding carboxylic acids is 1. The van der Waals surface area contributed by atoms with Gasteiger partial charge in [-0.05, 0) is 37.3 Å². The highest BCUT2D eigenvalue weighted by Gasteiger charge is 2.15. The average Bonchev–Trinajstić information content (AvgIpc) is 2.96. The normalized spacial score (nSPS) is 11.1. The van der Waals surface area contributed by atoms with E-state index < -0.39 is 5.91 Å². The number of nitrogens with zero attached hydrogens (tertiary/aromatic N) is 1. The second-order valence-corrected chi connectivity index (χ2v) is 6.59. The lowest BCUT2D eigenvalue weighted by molar-refractivity contribution is 0.0997. The van der Waals surface area contributed by atoms with Crippen LogP contribution in [0.25, 0.3) is 21.2 Å². The molecule has 0 radical (unpaired) electrons. The Labute approximate surface area is 144 Å². The maximum Gasteiger partial charge on any atom is 0.293 e. The number of aromatic nitrogens is 1. The number of rotatable bonds is 2. The van der Waals surface area contributed by atoms with E-state index in [0.29, 0.717) is 26.3 Å². The molecule has 0 aliphatic rings. The Kier molecular flexibility index (Phi) is 3.58. The molecule has 2 aromatic carbocycles. The largest absolute Gasteiger partial charge is 0.451 e. The van der Waals surface area contributed by atoms with Crippen LogP contribution in [0.4, 0.5) is 9.52 Å². The molecule has 124 valence electrons. The van der Waals surface area contributed by atoms with E-state index in [1.165, 1.54) is 18.2 Å². The summed E-state index contributed by atoms with van der Waals surface area (Å²) in [6.45, 7) is 1.87. The van der Waals surface area contributed by atoms with Crippen molar-refractivity contribution in [2.45, 2.75) is 6.92 Å². The van der Waals surface area contributed by atoms with Crippen LogP contribution in [-0.4, -0.2) is 10.9 Å². The molecule has 0 bridgehead atoms. The van der Waals surface area contributed by atoms with E-state index in [9.17, 15) is 14.0 Å². The number of nitrogens with one attached hydrogen (secondary N) is 1. The van der Waals surface area contributed by atoms with Crippen molar-refractivity contribution in [3.8, 4) is 0 Å². The summed E-state index contributed by atoms with van der Waals surface area (Å²) in [5.41, 5.74) is 1.56. The third kappa shape index (κ3) is 2.89. The molecule has 2 aromatic heterocycles. The first-order valence-electron chi connectivity index (χ1n) is 7.41. The number of anilines is 1. The lowest BCUT2D eigenvalue weighted by Crippen LogP contribution is -2.14. The summed E-state index contributed by atoms with van der Waals surface area (Å²) in [5, 5.41) is 3.31. The Morgan fingerprint density at radius 1 is 1.20 bits per heavy atom. The monoisotopic (exact) mass is 354 g/mol. The summed E-state index contributed by atoms with van der Waals surface area (Å²) in [6.07, 6.45) is 0. The molecule has 0 atom stereocenters. The zero-order valence-corrected chi connectivity index (χ0v) is 13.8. The molecule has 1 amide bonds. The molecule has 0 saturated carbocycles. The predicted molar refractivity (Wildman–Crippen MR) is 94.8 cm³/mol. The van der Waals surface area contributed by atoms with Crippen LogP contribution in [-0.2, 0) is 0 Å². The molecule has 4 aromatic rings. The minimum Gasteiger partial charge on any atom is -0.451 e. The van der Waals surface area contributed by atoms with Crippen molar-refractivity contribution >= 4 is 43.6 Å². The minimum atomic E-state index is -0.584. The quantitative estimate of drug-likeness (QED) is 0.588.